The topological polar surface area (TPSA) is 73.0 Å². The van der Waals surface area contributed by atoms with Gasteiger partial charge in [-0.15, -0.1) is 0 Å². The second-order valence-corrected chi connectivity index (χ2v) is 4.02. The number of aromatic nitrogens is 2. The van der Waals surface area contributed by atoms with Crippen LogP contribution in [0.3, 0.4) is 0 Å². The summed E-state index contributed by atoms with van der Waals surface area (Å²) in [4.78, 5) is 7.01. The van der Waals surface area contributed by atoms with Gasteiger partial charge in [0, 0.05) is 36.9 Å². The van der Waals surface area contributed by atoms with Crippen molar-refractivity contribution in [2.24, 2.45) is 0 Å². The van der Waals surface area contributed by atoms with Crippen LogP contribution in [-0.2, 0) is 6.42 Å². The fourth-order valence-corrected chi connectivity index (χ4v) is 1.97. The van der Waals surface area contributed by atoms with Crippen molar-refractivity contribution in [2.45, 2.75) is 24.9 Å². The molecule has 0 aromatic carbocycles. The maximum atomic E-state index is 9.27. The molecule has 5 nitrogen and oxygen atoms in total. The third-order valence-electron chi connectivity index (χ3n) is 2.77. The molecule has 0 aliphatic carbocycles. The van der Waals surface area contributed by atoms with Gasteiger partial charge in [0.15, 0.2) is 0 Å². The van der Waals surface area contributed by atoms with E-state index in [9.17, 15) is 5.11 Å². The molecule has 1 aromatic heterocycles. The molecular weight excluding hydrogens is 192 g/mol. The van der Waals surface area contributed by atoms with Crippen LogP contribution in [0.15, 0.2) is 12.5 Å². The maximum absolute atomic E-state index is 9.27. The molecule has 15 heavy (non-hydrogen) atoms. The Kier molecular flexibility index (Phi) is 3.71. The number of rotatable bonds is 5. The second-order valence-electron chi connectivity index (χ2n) is 4.02. The van der Waals surface area contributed by atoms with E-state index in [1.165, 1.54) is 0 Å². The quantitative estimate of drug-likeness (QED) is 0.517. The number of H-pyrrole nitrogens is 1. The first-order valence-electron chi connectivity index (χ1n) is 5.43. The lowest BCUT2D eigenvalue weighted by Gasteiger charge is -2.19. The van der Waals surface area contributed by atoms with E-state index >= 15 is 0 Å². The highest BCUT2D eigenvalue weighted by molar-refractivity contribution is 4.98. The minimum atomic E-state index is 0.121. The Morgan fingerprint density at radius 1 is 1.67 bits per heavy atom. The number of imidazole rings is 1. The van der Waals surface area contributed by atoms with Gasteiger partial charge in [0.2, 0.25) is 0 Å². The van der Waals surface area contributed by atoms with Crippen LogP contribution in [-0.4, -0.2) is 46.9 Å². The summed E-state index contributed by atoms with van der Waals surface area (Å²) in [6.07, 6.45) is 5.41. The summed E-state index contributed by atoms with van der Waals surface area (Å²) in [5.74, 6) is 0. The normalized spacial score (nSPS) is 23.1. The van der Waals surface area contributed by atoms with Gasteiger partial charge >= 0.3 is 0 Å². The Morgan fingerprint density at radius 2 is 2.60 bits per heavy atom. The van der Waals surface area contributed by atoms with Crippen molar-refractivity contribution in [2.75, 3.05) is 19.7 Å². The van der Waals surface area contributed by atoms with Gasteiger partial charge in [0.25, 0.3) is 0 Å². The molecule has 1 unspecified atom stereocenters. The third kappa shape index (κ3) is 3.02. The Bertz CT molecular complexity index is 269. The van der Waals surface area contributed by atoms with Crippen molar-refractivity contribution >= 4 is 0 Å². The van der Waals surface area contributed by atoms with Crippen LogP contribution in [0, 0.1) is 0 Å². The minimum absolute atomic E-state index is 0.121. The monoisotopic (exact) mass is 210 g/mol. The van der Waals surface area contributed by atoms with E-state index in [4.69, 9.17) is 0 Å². The lowest BCUT2D eigenvalue weighted by atomic mass is 10.1. The average molecular weight is 210 g/mol. The summed E-state index contributed by atoms with van der Waals surface area (Å²) in [7, 11) is 0. The van der Waals surface area contributed by atoms with Crippen molar-refractivity contribution in [3.63, 3.8) is 0 Å². The number of nitrogens with zero attached hydrogens (tertiary/aromatic N) is 1. The Balaban J connectivity index is 1.81. The lowest BCUT2D eigenvalue weighted by Crippen LogP contribution is -2.43. The molecule has 4 N–H and O–H groups in total. The smallest absolute Gasteiger partial charge is 0.0921 e. The molecule has 0 spiro atoms. The summed E-state index contributed by atoms with van der Waals surface area (Å²) in [6, 6.07) is 0.612. The Hall–Kier alpha value is -0.910. The first kappa shape index (κ1) is 10.6. The van der Waals surface area contributed by atoms with Crippen LogP contribution >= 0.6 is 0 Å². The zero-order valence-corrected chi connectivity index (χ0v) is 8.74. The minimum Gasteiger partial charge on any atom is -0.395 e. The van der Waals surface area contributed by atoms with Gasteiger partial charge in [-0.1, -0.05) is 0 Å². The molecule has 2 atom stereocenters. The van der Waals surface area contributed by atoms with Gasteiger partial charge in [-0.3, -0.25) is 0 Å². The van der Waals surface area contributed by atoms with E-state index in [0.717, 1.165) is 31.6 Å². The first-order chi connectivity index (χ1) is 7.38. The zero-order chi connectivity index (χ0) is 10.5. The lowest BCUT2D eigenvalue weighted by molar-refractivity contribution is 0.231. The van der Waals surface area contributed by atoms with Gasteiger partial charge < -0.3 is 20.7 Å². The Morgan fingerprint density at radius 3 is 3.20 bits per heavy atom. The molecular formula is C10H18N4O. The van der Waals surface area contributed by atoms with Gasteiger partial charge in [0.1, 0.15) is 0 Å². The number of aromatic amines is 1. The van der Waals surface area contributed by atoms with E-state index in [0.29, 0.717) is 6.04 Å². The number of hydrogen-bond donors (Lipinski definition) is 4. The highest BCUT2D eigenvalue weighted by Crippen LogP contribution is 2.03. The van der Waals surface area contributed by atoms with Crippen LogP contribution < -0.4 is 10.6 Å². The van der Waals surface area contributed by atoms with Crippen LogP contribution in [0.2, 0.25) is 0 Å². The largest absolute Gasteiger partial charge is 0.395 e. The van der Waals surface area contributed by atoms with Gasteiger partial charge in [-0.05, 0) is 13.0 Å². The van der Waals surface area contributed by atoms with Crippen molar-refractivity contribution in [3.8, 4) is 0 Å². The molecule has 2 heterocycles. The molecule has 2 rings (SSSR count). The molecule has 1 aliphatic heterocycles. The molecule has 5 heteroatoms. The summed E-state index contributed by atoms with van der Waals surface area (Å²) >= 11 is 0. The van der Waals surface area contributed by atoms with Crippen LogP contribution in [0.5, 0.6) is 0 Å². The number of aliphatic hydroxyl groups is 1. The number of hydrogen-bond acceptors (Lipinski definition) is 4. The Labute approximate surface area is 89.3 Å². The predicted molar refractivity (Wildman–Crippen MR) is 57.6 cm³/mol. The molecule has 0 radical (unpaired) electrons. The van der Waals surface area contributed by atoms with Crippen molar-refractivity contribution in [1.82, 2.24) is 20.6 Å². The van der Waals surface area contributed by atoms with E-state index in [-0.39, 0.29) is 12.6 Å². The third-order valence-corrected chi connectivity index (χ3v) is 2.77. The molecule has 1 aromatic rings. The average Bonchev–Trinajstić information content (AvgIpc) is 2.89. The van der Waals surface area contributed by atoms with Gasteiger partial charge in [-0.2, -0.15) is 0 Å². The van der Waals surface area contributed by atoms with Crippen LogP contribution in [0.1, 0.15) is 12.1 Å². The standard InChI is InChI=1S/C10H18N4O/c15-6-10(3-9-5-12-7-13-9)14-8-1-2-11-4-8/h5,7-8,10-11,14-15H,1-4,6H2,(H,12,13)/t8?,10-/m0/s1. The van der Waals surface area contributed by atoms with E-state index in [1.807, 2.05) is 0 Å². The fraction of sp³-hybridized carbons (Fsp3) is 0.700. The molecule has 0 bridgehead atoms. The molecule has 1 saturated heterocycles. The highest BCUT2D eigenvalue weighted by Gasteiger charge is 2.18. The number of aliphatic hydroxyl groups excluding tert-OH is 1. The SMILES string of the molecule is OC[C@H](Cc1cnc[nH]1)NC1CCNC1. The van der Waals surface area contributed by atoms with Crippen molar-refractivity contribution in [3.05, 3.63) is 18.2 Å². The molecule has 84 valence electrons. The zero-order valence-electron chi connectivity index (χ0n) is 8.74. The second kappa shape index (κ2) is 5.25. The summed E-state index contributed by atoms with van der Waals surface area (Å²) in [5, 5.41) is 16.0. The van der Waals surface area contributed by atoms with Gasteiger partial charge in [-0.25, -0.2) is 4.98 Å². The molecule has 0 saturated carbocycles. The van der Waals surface area contributed by atoms with E-state index < -0.39 is 0 Å². The van der Waals surface area contributed by atoms with E-state index in [1.54, 1.807) is 12.5 Å². The molecule has 1 fully saturated rings. The van der Waals surface area contributed by atoms with Crippen LogP contribution in [0.25, 0.3) is 0 Å². The fourth-order valence-electron chi connectivity index (χ4n) is 1.97. The van der Waals surface area contributed by atoms with Crippen LogP contribution in [0.4, 0.5) is 0 Å². The molecule has 1 aliphatic rings. The molecule has 0 amide bonds. The van der Waals surface area contributed by atoms with E-state index in [2.05, 4.69) is 20.6 Å². The van der Waals surface area contributed by atoms with Crippen molar-refractivity contribution in [1.29, 1.82) is 0 Å². The van der Waals surface area contributed by atoms with Crippen molar-refractivity contribution < 1.29 is 5.11 Å². The highest BCUT2D eigenvalue weighted by atomic mass is 16.3. The number of nitrogens with one attached hydrogen (secondary N) is 3. The summed E-state index contributed by atoms with van der Waals surface area (Å²) in [5.41, 5.74) is 1.06. The summed E-state index contributed by atoms with van der Waals surface area (Å²) in [6.45, 7) is 2.23. The van der Waals surface area contributed by atoms with Gasteiger partial charge in [0.05, 0.1) is 12.9 Å². The maximum Gasteiger partial charge on any atom is 0.0921 e. The summed E-state index contributed by atoms with van der Waals surface area (Å²) < 4.78 is 0. The predicted octanol–water partition coefficient (Wildman–Crippen LogP) is -0.735. The first-order valence-corrected chi connectivity index (χ1v) is 5.43.